The molecule has 2 nitrogen and oxygen atoms in total. The van der Waals surface area contributed by atoms with Crippen LogP contribution in [0.2, 0.25) is 0 Å². The van der Waals surface area contributed by atoms with E-state index < -0.39 is 0 Å². The fourth-order valence-corrected chi connectivity index (χ4v) is 2.61. The number of carbonyl (C=O) groups is 1. The Morgan fingerprint density at radius 1 is 1.39 bits per heavy atom. The molecular formula is C15H22BrNO. The number of carbonyl (C=O) groups excluding carboxylic acids is 1. The lowest BCUT2D eigenvalue weighted by molar-refractivity contribution is -0.117. The van der Waals surface area contributed by atoms with Crippen molar-refractivity contribution in [1.29, 1.82) is 0 Å². The van der Waals surface area contributed by atoms with Gasteiger partial charge in [-0.2, -0.15) is 0 Å². The SMILES string of the molecule is CC(CC(=O)Nc1cccc(Br)c1)CC(C)(C)C. The molecule has 3 heteroatoms. The van der Waals surface area contributed by atoms with Crippen LogP contribution in [0, 0.1) is 11.3 Å². The van der Waals surface area contributed by atoms with Crippen LogP contribution in [-0.4, -0.2) is 5.91 Å². The molecular weight excluding hydrogens is 290 g/mol. The lowest BCUT2D eigenvalue weighted by Crippen LogP contribution is -2.18. The normalized spacial score (nSPS) is 13.2. The maximum atomic E-state index is 11.9. The molecule has 100 valence electrons. The summed E-state index contributed by atoms with van der Waals surface area (Å²) in [6, 6.07) is 7.67. The number of hydrogen-bond donors (Lipinski definition) is 1. The molecule has 0 spiro atoms. The zero-order valence-electron chi connectivity index (χ0n) is 11.6. The van der Waals surface area contributed by atoms with Crippen molar-refractivity contribution < 1.29 is 4.79 Å². The van der Waals surface area contributed by atoms with Crippen LogP contribution in [0.3, 0.4) is 0 Å². The summed E-state index contributed by atoms with van der Waals surface area (Å²) in [4.78, 5) is 11.9. The lowest BCUT2D eigenvalue weighted by Gasteiger charge is -2.22. The van der Waals surface area contributed by atoms with Crippen LogP contribution >= 0.6 is 15.9 Å². The van der Waals surface area contributed by atoms with E-state index in [9.17, 15) is 4.79 Å². The maximum Gasteiger partial charge on any atom is 0.224 e. The average Bonchev–Trinajstić information content (AvgIpc) is 2.13. The molecule has 1 atom stereocenters. The summed E-state index contributed by atoms with van der Waals surface area (Å²) in [6.45, 7) is 8.74. The van der Waals surface area contributed by atoms with Crippen molar-refractivity contribution in [3.05, 3.63) is 28.7 Å². The third-order valence-corrected chi connectivity index (χ3v) is 3.10. The minimum atomic E-state index is 0.0878. The van der Waals surface area contributed by atoms with Gasteiger partial charge in [0.25, 0.3) is 0 Å². The van der Waals surface area contributed by atoms with Crippen molar-refractivity contribution in [2.24, 2.45) is 11.3 Å². The highest BCUT2D eigenvalue weighted by Crippen LogP contribution is 2.26. The van der Waals surface area contributed by atoms with Crippen LogP contribution in [0.4, 0.5) is 5.69 Å². The molecule has 0 saturated heterocycles. The van der Waals surface area contributed by atoms with Crippen molar-refractivity contribution in [2.45, 2.75) is 40.5 Å². The van der Waals surface area contributed by atoms with Crippen LogP contribution in [-0.2, 0) is 4.79 Å². The Hall–Kier alpha value is -0.830. The molecule has 1 unspecified atom stereocenters. The summed E-state index contributed by atoms with van der Waals surface area (Å²) in [5, 5.41) is 2.93. The van der Waals surface area contributed by atoms with Gasteiger partial charge < -0.3 is 5.32 Å². The Labute approximate surface area is 118 Å². The highest BCUT2D eigenvalue weighted by Gasteiger charge is 2.17. The summed E-state index contributed by atoms with van der Waals surface area (Å²) >= 11 is 3.39. The highest BCUT2D eigenvalue weighted by molar-refractivity contribution is 9.10. The predicted molar refractivity (Wildman–Crippen MR) is 80.6 cm³/mol. The molecule has 0 aliphatic carbocycles. The fraction of sp³-hybridized carbons (Fsp3) is 0.533. The molecule has 0 heterocycles. The average molecular weight is 312 g/mol. The molecule has 1 aromatic rings. The van der Waals surface area contributed by atoms with Gasteiger partial charge in [0.1, 0.15) is 0 Å². The molecule has 1 N–H and O–H groups in total. The Kier molecular flexibility index (Phi) is 5.39. The molecule has 0 aromatic heterocycles. The van der Waals surface area contributed by atoms with E-state index in [0.717, 1.165) is 16.6 Å². The molecule has 1 amide bonds. The quantitative estimate of drug-likeness (QED) is 0.846. The van der Waals surface area contributed by atoms with Crippen molar-refractivity contribution in [3.63, 3.8) is 0 Å². The number of amides is 1. The van der Waals surface area contributed by atoms with Crippen molar-refractivity contribution in [3.8, 4) is 0 Å². The van der Waals surface area contributed by atoms with E-state index in [1.54, 1.807) is 0 Å². The van der Waals surface area contributed by atoms with Gasteiger partial charge in [-0.05, 0) is 36.0 Å². The Balaban J connectivity index is 2.47. The van der Waals surface area contributed by atoms with Gasteiger partial charge in [0.15, 0.2) is 0 Å². The summed E-state index contributed by atoms with van der Waals surface area (Å²) < 4.78 is 0.975. The van der Waals surface area contributed by atoms with Crippen LogP contribution in [0.15, 0.2) is 28.7 Å². The van der Waals surface area contributed by atoms with Crippen LogP contribution in [0.5, 0.6) is 0 Å². The summed E-state index contributed by atoms with van der Waals surface area (Å²) in [5.41, 5.74) is 1.12. The maximum absolute atomic E-state index is 11.9. The molecule has 18 heavy (non-hydrogen) atoms. The van der Waals surface area contributed by atoms with E-state index >= 15 is 0 Å². The summed E-state index contributed by atoms with van der Waals surface area (Å²) in [7, 11) is 0. The van der Waals surface area contributed by atoms with Gasteiger partial charge in [-0.3, -0.25) is 4.79 Å². The number of nitrogens with one attached hydrogen (secondary N) is 1. The van der Waals surface area contributed by atoms with Crippen molar-refractivity contribution in [1.82, 2.24) is 0 Å². The second-order valence-electron chi connectivity index (χ2n) is 6.13. The van der Waals surface area contributed by atoms with E-state index in [-0.39, 0.29) is 11.3 Å². The Bertz CT molecular complexity index is 409. The third kappa shape index (κ3) is 6.20. The number of halogens is 1. The molecule has 0 aliphatic rings. The van der Waals surface area contributed by atoms with Crippen molar-refractivity contribution >= 4 is 27.5 Å². The second kappa shape index (κ2) is 6.37. The smallest absolute Gasteiger partial charge is 0.224 e. The molecule has 0 bridgehead atoms. The highest BCUT2D eigenvalue weighted by atomic mass is 79.9. The summed E-state index contributed by atoms with van der Waals surface area (Å²) in [6.07, 6.45) is 1.63. The predicted octanol–water partition coefficient (Wildman–Crippen LogP) is 4.85. The van der Waals surface area contributed by atoms with Gasteiger partial charge in [-0.1, -0.05) is 49.7 Å². The number of benzene rings is 1. The van der Waals surface area contributed by atoms with Gasteiger partial charge in [0.2, 0.25) is 5.91 Å². The topological polar surface area (TPSA) is 29.1 Å². The van der Waals surface area contributed by atoms with E-state index in [0.29, 0.717) is 12.3 Å². The summed E-state index contributed by atoms with van der Waals surface area (Å²) in [5.74, 6) is 0.488. The van der Waals surface area contributed by atoms with Crippen molar-refractivity contribution in [2.75, 3.05) is 5.32 Å². The van der Waals surface area contributed by atoms with Gasteiger partial charge >= 0.3 is 0 Å². The van der Waals surface area contributed by atoms with Gasteiger partial charge in [-0.25, -0.2) is 0 Å². The van der Waals surface area contributed by atoms with E-state index in [1.807, 2.05) is 24.3 Å². The van der Waals surface area contributed by atoms with Gasteiger partial charge in [0, 0.05) is 16.6 Å². The zero-order valence-corrected chi connectivity index (χ0v) is 13.2. The molecule has 1 rings (SSSR count). The standard InChI is InChI=1S/C15H22BrNO/c1-11(10-15(2,3)4)8-14(18)17-13-7-5-6-12(16)9-13/h5-7,9,11H,8,10H2,1-4H3,(H,17,18). The minimum Gasteiger partial charge on any atom is -0.326 e. The molecule has 1 aromatic carbocycles. The number of hydrogen-bond acceptors (Lipinski definition) is 1. The fourth-order valence-electron chi connectivity index (χ4n) is 2.21. The van der Waals surface area contributed by atoms with Gasteiger partial charge in [0.05, 0.1) is 0 Å². The first-order valence-electron chi connectivity index (χ1n) is 6.32. The van der Waals surface area contributed by atoms with Crippen LogP contribution in [0.1, 0.15) is 40.5 Å². The largest absolute Gasteiger partial charge is 0.326 e. The molecule has 0 fully saturated rings. The first kappa shape index (κ1) is 15.2. The first-order valence-corrected chi connectivity index (χ1v) is 7.11. The Morgan fingerprint density at radius 3 is 2.61 bits per heavy atom. The third-order valence-electron chi connectivity index (χ3n) is 2.60. The minimum absolute atomic E-state index is 0.0878. The van der Waals surface area contributed by atoms with Crippen LogP contribution in [0.25, 0.3) is 0 Å². The first-order chi connectivity index (χ1) is 8.26. The molecule has 0 saturated carbocycles. The molecule has 0 radical (unpaired) electrons. The van der Waals surface area contributed by atoms with Crippen LogP contribution < -0.4 is 5.32 Å². The van der Waals surface area contributed by atoms with Gasteiger partial charge in [-0.15, -0.1) is 0 Å². The number of rotatable bonds is 4. The monoisotopic (exact) mass is 311 g/mol. The lowest BCUT2D eigenvalue weighted by atomic mass is 9.84. The Morgan fingerprint density at radius 2 is 2.06 bits per heavy atom. The second-order valence-corrected chi connectivity index (χ2v) is 7.05. The van der Waals surface area contributed by atoms with E-state index in [2.05, 4.69) is 48.9 Å². The zero-order chi connectivity index (χ0) is 13.8. The van der Waals surface area contributed by atoms with E-state index in [1.165, 1.54) is 0 Å². The van der Waals surface area contributed by atoms with E-state index in [4.69, 9.17) is 0 Å². The molecule has 0 aliphatic heterocycles. The number of anilines is 1.